The molecule has 3 N–H and O–H groups in total. The molecule has 0 aromatic heterocycles. The van der Waals surface area contributed by atoms with Crippen molar-refractivity contribution in [2.24, 2.45) is 0 Å². The van der Waals surface area contributed by atoms with Gasteiger partial charge in [-0.1, -0.05) is 135 Å². The van der Waals surface area contributed by atoms with Gasteiger partial charge in [0.1, 0.15) is 0 Å². The molecule has 2 unspecified atom stereocenters. The molecule has 0 spiro atoms. The van der Waals surface area contributed by atoms with Crippen LogP contribution in [-0.2, 0) is 4.79 Å². The maximum Gasteiger partial charge on any atom is 0.220 e. The zero-order valence-corrected chi connectivity index (χ0v) is 21.5. The predicted octanol–water partition coefficient (Wildman–Crippen LogP) is 7.22. The Balaban J connectivity index is 3.44. The molecule has 0 saturated carbocycles. The van der Waals surface area contributed by atoms with Gasteiger partial charge in [-0.15, -0.1) is 0 Å². The molecular formula is C28H55NO3. The molecule has 0 aliphatic heterocycles. The highest BCUT2D eigenvalue weighted by molar-refractivity contribution is 5.76. The largest absolute Gasteiger partial charge is 0.394 e. The fourth-order valence-corrected chi connectivity index (χ4v) is 4.06. The normalized spacial score (nSPS) is 13.5. The van der Waals surface area contributed by atoms with Gasteiger partial charge in [-0.3, -0.25) is 4.79 Å². The van der Waals surface area contributed by atoms with Gasteiger partial charge >= 0.3 is 0 Å². The Labute approximate surface area is 199 Å². The van der Waals surface area contributed by atoms with E-state index in [1.54, 1.807) is 6.08 Å². The maximum atomic E-state index is 12.0. The summed E-state index contributed by atoms with van der Waals surface area (Å²) in [5.41, 5.74) is 0. The van der Waals surface area contributed by atoms with E-state index in [0.29, 0.717) is 6.42 Å². The molecule has 0 fully saturated rings. The molecule has 32 heavy (non-hydrogen) atoms. The lowest BCUT2D eigenvalue weighted by molar-refractivity contribution is -0.123. The molecule has 0 radical (unpaired) electrons. The van der Waals surface area contributed by atoms with Gasteiger partial charge < -0.3 is 15.5 Å². The first kappa shape index (κ1) is 31.1. The van der Waals surface area contributed by atoms with Crippen molar-refractivity contribution in [2.45, 2.75) is 154 Å². The molecule has 0 heterocycles. The number of carbonyl (C=O) groups excluding carboxylic acids is 1. The SMILES string of the molecule is CCC/C=C/C(O)C(CO)NC(=O)CCCCCCCCCCCCCCCCCCC. The van der Waals surface area contributed by atoms with Gasteiger partial charge in [0.25, 0.3) is 0 Å². The van der Waals surface area contributed by atoms with Gasteiger partial charge in [0.2, 0.25) is 5.91 Å². The Morgan fingerprint density at radius 2 is 1.16 bits per heavy atom. The Morgan fingerprint density at radius 3 is 1.56 bits per heavy atom. The number of rotatable bonds is 24. The number of unbranched alkanes of at least 4 members (excludes halogenated alkanes) is 17. The third-order valence-electron chi connectivity index (χ3n) is 6.25. The lowest BCUT2D eigenvalue weighted by Crippen LogP contribution is -2.45. The van der Waals surface area contributed by atoms with Crippen LogP contribution in [0.1, 0.15) is 142 Å². The highest BCUT2D eigenvalue weighted by Gasteiger charge is 2.17. The number of hydrogen-bond acceptors (Lipinski definition) is 3. The van der Waals surface area contributed by atoms with Crippen molar-refractivity contribution >= 4 is 5.91 Å². The molecule has 190 valence electrons. The van der Waals surface area contributed by atoms with E-state index in [2.05, 4.69) is 19.2 Å². The van der Waals surface area contributed by atoms with Crippen LogP contribution >= 0.6 is 0 Å². The molecule has 0 aliphatic carbocycles. The second-order valence-electron chi connectivity index (χ2n) is 9.47. The van der Waals surface area contributed by atoms with Gasteiger partial charge in [0.05, 0.1) is 18.8 Å². The molecular weight excluding hydrogens is 398 g/mol. The minimum Gasteiger partial charge on any atom is -0.394 e. The van der Waals surface area contributed by atoms with E-state index in [1.807, 2.05) is 6.08 Å². The lowest BCUT2D eigenvalue weighted by atomic mass is 10.0. The molecule has 2 atom stereocenters. The monoisotopic (exact) mass is 453 g/mol. The summed E-state index contributed by atoms with van der Waals surface area (Å²) in [4.78, 5) is 12.0. The Bertz CT molecular complexity index is 425. The summed E-state index contributed by atoms with van der Waals surface area (Å²) < 4.78 is 0. The Morgan fingerprint density at radius 1 is 0.719 bits per heavy atom. The zero-order chi connectivity index (χ0) is 23.7. The second kappa shape index (κ2) is 24.8. The molecule has 4 nitrogen and oxygen atoms in total. The smallest absolute Gasteiger partial charge is 0.220 e. The van der Waals surface area contributed by atoms with E-state index in [4.69, 9.17) is 0 Å². The number of allylic oxidation sites excluding steroid dienone is 1. The van der Waals surface area contributed by atoms with Crippen LogP contribution in [0.15, 0.2) is 12.2 Å². The summed E-state index contributed by atoms with van der Waals surface area (Å²) in [6, 6.07) is -0.610. The predicted molar refractivity (Wildman–Crippen MR) is 138 cm³/mol. The van der Waals surface area contributed by atoms with Crippen LogP contribution in [0.25, 0.3) is 0 Å². The number of hydrogen-bond donors (Lipinski definition) is 3. The molecule has 0 aromatic rings. The standard InChI is InChI=1S/C28H55NO3/c1-3-5-7-8-9-10-11-12-13-14-15-16-17-18-19-20-22-24-28(32)29-26(25-30)27(31)23-21-6-4-2/h21,23,26-27,30-31H,3-20,22,24-25H2,1-2H3,(H,29,32)/b23-21+. The van der Waals surface area contributed by atoms with E-state index in [1.165, 1.54) is 96.3 Å². The average molecular weight is 454 g/mol. The van der Waals surface area contributed by atoms with Crippen LogP contribution in [0.2, 0.25) is 0 Å². The fourth-order valence-electron chi connectivity index (χ4n) is 4.06. The van der Waals surface area contributed by atoms with E-state index >= 15 is 0 Å². The van der Waals surface area contributed by atoms with Crippen LogP contribution < -0.4 is 5.32 Å². The summed E-state index contributed by atoms with van der Waals surface area (Å²) in [6.45, 7) is 4.10. The van der Waals surface area contributed by atoms with Crippen LogP contribution in [-0.4, -0.2) is 34.9 Å². The van der Waals surface area contributed by atoms with Crippen LogP contribution in [0.4, 0.5) is 0 Å². The summed E-state index contributed by atoms with van der Waals surface area (Å²) in [6.07, 6.45) is 27.7. The first-order valence-corrected chi connectivity index (χ1v) is 13.9. The van der Waals surface area contributed by atoms with Gasteiger partial charge in [-0.05, 0) is 12.8 Å². The van der Waals surface area contributed by atoms with Crippen molar-refractivity contribution in [1.29, 1.82) is 0 Å². The van der Waals surface area contributed by atoms with E-state index < -0.39 is 12.1 Å². The second-order valence-corrected chi connectivity index (χ2v) is 9.47. The van der Waals surface area contributed by atoms with Gasteiger partial charge in [-0.2, -0.15) is 0 Å². The van der Waals surface area contributed by atoms with Crippen LogP contribution in [0, 0.1) is 0 Å². The average Bonchev–Trinajstić information content (AvgIpc) is 2.79. The van der Waals surface area contributed by atoms with Crippen molar-refractivity contribution in [1.82, 2.24) is 5.32 Å². The molecule has 0 bridgehead atoms. The van der Waals surface area contributed by atoms with Crippen molar-refractivity contribution in [3.05, 3.63) is 12.2 Å². The molecule has 0 aliphatic rings. The maximum absolute atomic E-state index is 12.0. The topological polar surface area (TPSA) is 69.6 Å². The van der Waals surface area contributed by atoms with Crippen LogP contribution in [0.3, 0.4) is 0 Å². The molecule has 0 aromatic carbocycles. The third kappa shape index (κ3) is 21.0. The van der Waals surface area contributed by atoms with Gasteiger partial charge in [-0.25, -0.2) is 0 Å². The number of aliphatic hydroxyl groups excluding tert-OH is 2. The summed E-state index contributed by atoms with van der Waals surface area (Å²) in [5.74, 6) is -0.0760. The Hall–Kier alpha value is -0.870. The fraction of sp³-hybridized carbons (Fsp3) is 0.893. The van der Waals surface area contributed by atoms with E-state index in [9.17, 15) is 15.0 Å². The molecule has 1 amide bonds. The third-order valence-corrected chi connectivity index (χ3v) is 6.25. The van der Waals surface area contributed by atoms with Crippen molar-refractivity contribution < 1.29 is 15.0 Å². The summed E-state index contributed by atoms with van der Waals surface area (Å²) in [5, 5.41) is 22.2. The number of carbonyl (C=O) groups is 1. The zero-order valence-electron chi connectivity index (χ0n) is 21.5. The minimum absolute atomic E-state index is 0.0760. The number of nitrogens with one attached hydrogen (secondary N) is 1. The van der Waals surface area contributed by atoms with Crippen LogP contribution in [0.5, 0.6) is 0 Å². The van der Waals surface area contributed by atoms with E-state index in [-0.39, 0.29) is 12.5 Å². The van der Waals surface area contributed by atoms with Crippen molar-refractivity contribution in [2.75, 3.05) is 6.61 Å². The quantitative estimate of drug-likeness (QED) is 0.107. The number of amides is 1. The highest BCUT2D eigenvalue weighted by Crippen LogP contribution is 2.14. The summed E-state index contributed by atoms with van der Waals surface area (Å²) >= 11 is 0. The van der Waals surface area contributed by atoms with Gasteiger partial charge in [0, 0.05) is 6.42 Å². The highest BCUT2D eigenvalue weighted by atomic mass is 16.3. The number of aliphatic hydroxyl groups is 2. The first-order chi connectivity index (χ1) is 15.7. The first-order valence-electron chi connectivity index (χ1n) is 13.9. The Kier molecular flexibility index (Phi) is 24.1. The molecule has 0 rings (SSSR count). The van der Waals surface area contributed by atoms with E-state index in [0.717, 1.165) is 25.7 Å². The van der Waals surface area contributed by atoms with Crippen molar-refractivity contribution in [3.8, 4) is 0 Å². The molecule has 0 saturated heterocycles. The van der Waals surface area contributed by atoms with Gasteiger partial charge in [0.15, 0.2) is 0 Å². The lowest BCUT2D eigenvalue weighted by Gasteiger charge is -2.19. The molecule has 4 heteroatoms. The minimum atomic E-state index is -0.828. The van der Waals surface area contributed by atoms with Crippen molar-refractivity contribution in [3.63, 3.8) is 0 Å². The summed E-state index contributed by atoms with van der Waals surface area (Å²) in [7, 11) is 0.